The summed E-state index contributed by atoms with van der Waals surface area (Å²) in [5.41, 5.74) is 2.55. The molecule has 2 rings (SSSR count). The van der Waals surface area contributed by atoms with Crippen molar-refractivity contribution in [1.29, 1.82) is 0 Å². The number of carbonyl (C=O) groups is 1. The second-order valence-electron chi connectivity index (χ2n) is 5.79. The maximum atomic E-state index is 12.9. The zero-order valence-electron chi connectivity index (χ0n) is 14.2. The Kier molecular flexibility index (Phi) is 5.76. The monoisotopic (exact) mass is 316 g/mol. The number of nitrogens with one attached hydrogen (secondary N) is 1. The Bertz CT molecular complexity index is 638. The van der Waals surface area contributed by atoms with E-state index in [1.165, 1.54) is 0 Å². The molecule has 0 spiro atoms. The van der Waals surface area contributed by atoms with Crippen molar-refractivity contribution in [2.24, 2.45) is 0 Å². The maximum absolute atomic E-state index is 12.9. The number of amides is 1. The summed E-state index contributed by atoms with van der Waals surface area (Å²) in [4.78, 5) is 23.8. The summed E-state index contributed by atoms with van der Waals surface area (Å²) < 4.78 is 5.32. The van der Waals surface area contributed by atoms with Crippen LogP contribution in [0.2, 0.25) is 0 Å². The van der Waals surface area contributed by atoms with Gasteiger partial charge in [0.25, 0.3) is 5.91 Å². The highest BCUT2D eigenvalue weighted by molar-refractivity contribution is 5.94. The Labute approximate surface area is 137 Å². The fourth-order valence-corrected chi connectivity index (χ4v) is 2.29. The first-order valence-corrected chi connectivity index (χ1v) is 7.57. The van der Waals surface area contributed by atoms with Crippen molar-refractivity contribution in [3.05, 3.63) is 47.5 Å². The Balaban J connectivity index is 2.20. The Morgan fingerprint density at radius 2 is 2.09 bits per heavy atom. The molecule has 1 N–H and O–H groups in total. The van der Waals surface area contributed by atoms with Crippen molar-refractivity contribution < 1.29 is 9.53 Å². The van der Waals surface area contributed by atoms with Crippen molar-refractivity contribution in [2.45, 2.75) is 13.5 Å². The summed E-state index contributed by atoms with van der Waals surface area (Å²) in [5, 5.41) is 0. The summed E-state index contributed by atoms with van der Waals surface area (Å²) in [7, 11) is 5.60. The van der Waals surface area contributed by atoms with Gasteiger partial charge in [-0.3, -0.25) is 4.79 Å². The highest BCUT2D eigenvalue weighted by Gasteiger charge is 2.18. The van der Waals surface area contributed by atoms with Gasteiger partial charge in [-0.15, -0.1) is 0 Å². The quantitative estimate of drug-likeness (QED) is 0.848. The Morgan fingerprint density at radius 1 is 1.30 bits per heavy atom. The summed E-state index contributed by atoms with van der Waals surface area (Å²) >= 11 is 0. The number of ether oxygens (including phenoxy) is 1. The molecule has 0 saturated carbocycles. The number of benzene rings is 1. The number of methoxy groups -OCH3 is 1. The van der Waals surface area contributed by atoms with E-state index >= 15 is 0 Å². The van der Waals surface area contributed by atoms with E-state index in [4.69, 9.17) is 4.74 Å². The van der Waals surface area contributed by atoms with Crippen molar-refractivity contribution in [3.63, 3.8) is 0 Å². The number of aryl methyl sites for hydroxylation is 1. The summed E-state index contributed by atoms with van der Waals surface area (Å²) in [6.45, 7) is 3.90. The van der Waals surface area contributed by atoms with E-state index in [2.05, 4.69) is 14.9 Å². The van der Waals surface area contributed by atoms with Crippen LogP contribution in [-0.2, 0) is 6.54 Å². The van der Waals surface area contributed by atoms with E-state index in [1.807, 2.05) is 38.1 Å². The summed E-state index contributed by atoms with van der Waals surface area (Å²) in [6.07, 6.45) is 3.37. The molecule has 0 fully saturated rings. The molecule has 0 radical (unpaired) electrons. The van der Waals surface area contributed by atoms with Gasteiger partial charge in [-0.25, -0.2) is 4.98 Å². The zero-order valence-corrected chi connectivity index (χ0v) is 14.2. The van der Waals surface area contributed by atoms with Gasteiger partial charge < -0.3 is 19.5 Å². The summed E-state index contributed by atoms with van der Waals surface area (Å²) in [5.74, 6) is 0.713. The summed E-state index contributed by atoms with van der Waals surface area (Å²) in [6, 6.07) is 5.55. The number of carbonyl (C=O) groups excluding carboxylic acids is 1. The van der Waals surface area contributed by atoms with Crippen molar-refractivity contribution in [1.82, 2.24) is 19.8 Å². The Hall–Kier alpha value is -2.34. The van der Waals surface area contributed by atoms with Crippen LogP contribution < -0.4 is 4.74 Å². The number of hydrogen-bond donors (Lipinski definition) is 1. The van der Waals surface area contributed by atoms with Crippen LogP contribution >= 0.6 is 0 Å². The number of nitrogens with zero attached hydrogens (tertiary/aromatic N) is 3. The van der Waals surface area contributed by atoms with E-state index in [-0.39, 0.29) is 5.91 Å². The third kappa shape index (κ3) is 4.56. The molecule has 0 unspecified atom stereocenters. The number of likely N-dealkylation sites (N-methyl/N-ethyl adjacent to an activating group) is 1. The van der Waals surface area contributed by atoms with Gasteiger partial charge in [0.1, 0.15) is 5.75 Å². The molecule has 0 aliphatic carbocycles. The predicted molar refractivity (Wildman–Crippen MR) is 89.6 cm³/mol. The molecule has 124 valence electrons. The van der Waals surface area contributed by atoms with Crippen molar-refractivity contribution >= 4 is 5.91 Å². The van der Waals surface area contributed by atoms with E-state index in [0.717, 1.165) is 23.6 Å². The molecule has 2 aromatic rings. The topological polar surface area (TPSA) is 61.5 Å². The highest BCUT2D eigenvalue weighted by Crippen LogP contribution is 2.20. The smallest absolute Gasteiger partial charge is 0.254 e. The minimum atomic E-state index is -0.0141. The van der Waals surface area contributed by atoms with Gasteiger partial charge in [0.2, 0.25) is 0 Å². The van der Waals surface area contributed by atoms with Crippen LogP contribution in [0.15, 0.2) is 30.7 Å². The van der Waals surface area contributed by atoms with Crippen LogP contribution in [0.25, 0.3) is 0 Å². The lowest BCUT2D eigenvalue weighted by molar-refractivity contribution is 0.0729. The molecule has 1 aromatic heterocycles. The molecule has 6 heteroatoms. The molecule has 23 heavy (non-hydrogen) atoms. The normalized spacial score (nSPS) is 10.8. The van der Waals surface area contributed by atoms with Crippen LogP contribution in [0.5, 0.6) is 5.75 Å². The van der Waals surface area contributed by atoms with Crippen LogP contribution in [0.3, 0.4) is 0 Å². The first-order valence-electron chi connectivity index (χ1n) is 7.57. The lowest BCUT2D eigenvalue weighted by atomic mass is 10.1. The third-order valence-corrected chi connectivity index (χ3v) is 3.68. The average molecular weight is 316 g/mol. The molecule has 0 aliphatic rings. The van der Waals surface area contributed by atoms with Crippen molar-refractivity contribution in [2.75, 3.05) is 34.3 Å². The molecule has 0 atom stereocenters. The Morgan fingerprint density at radius 3 is 2.70 bits per heavy atom. The largest absolute Gasteiger partial charge is 0.496 e. The highest BCUT2D eigenvalue weighted by atomic mass is 16.5. The molecular formula is C17H24N4O2. The van der Waals surface area contributed by atoms with E-state index < -0.39 is 0 Å². The lowest BCUT2D eigenvalue weighted by Crippen LogP contribution is -2.36. The molecular weight excluding hydrogens is 292 g/mol. The van der Waals surface area contributed by atoms with Gasteiger partial charge in [-0.1, -0.05) is 6.07 Å². The first-order chi connectivity index (χ1) is 11.0. The molecule has 1 amide bonds. The number of H-pyrrole nitrogens is 1. The molecule has 6 nitrogen and oxygen atoms in total. The molecule has 0 aliphatic heterocycles. The average Bonchev–Trinajstić information content (AvgIpc) is 3.04. The van der Waals surface area contributed by atoms with Gasteiger partial charge in [0.05, 0.1) is 25.7 Å². The van der Waals surface area contributed by atoms with Gasteiger partial charge in [0, 0.05) is 24.8 Å². The van der Waals surface area contributed by atoms with E-state index in [0.29, 0.717) is 18.7 Å². The van der Waals surface area contributed by atoms with E-state index in [9.17, 15) is 4.79 Å². The van der Waals surface area contributed by atoms with E-state index in [1.54, 1.807) is 25.7 Å². The first kappa shape index (κ1) is 17.0. The van der Waals surface area contributed by atoms with Crippen molar-refractivity contribution in [3.8, 4) is 5.75 Å². The fourth-order valence-electron chi connectivity index (χ4n) is 2.29. The maximum Gasteiger partial charge on any atom is 0.254 e. The number of aromatic nitrogens is 2. The molecule has 0 saturated heterocycles. The second-order valence-corrected chi connectivity index (χ2v) is 5.79. The number of aromatic amines is 1. The lowest BCUT2D eigenvalue weighted by Gasteiger charge is -2.24. The zero-order chi connectivity index (χ0) is 16.8. The van der Waals surface area contributed by atoms with Gasteiger partial charge in [0.15, 0.2) is 0 Å². The standard InChI is InChI=1S/C17H24N4O2/c1-13-5-6-14(9-16(13)23-4)17(22)21(8-7-20(2)3)11-15-10-18-12-19-15/h5-6,9-10,12H,7-8,11H2,1-4H3,(H,18,19). The van der Waals surface area contributed by atoms with Gasteiger partial charge in [-0.2, -0.15) is 0 Å². The fraction of sp³-hybridized carbons (Fsp3) is 0.412. The van der Waals surface area contributed by atoms with Crippen LogP contribution in [0.1, 0.15) is 21.6 Å². The second kappa shape index (κ2) is 7.78. The third-order valence-electron chi connectivity index (χ3n) is 3.68. The SMILES string of the molecule is COc1cc(C(=O)N(CCN(C)C)Cc2cnc[nH]2)ccc1C. The minimum Gasteiger partial charge on any atom is -0.496 e. The minimum absolute atomic E-state index is 0.0141. The van der Waals surface area contributed by atoms with Gasteiger partial charge in [-0.05, 0) is 38.7 Å². The molecule has 0 bridgehead atoms. The molecule has 1 aromatic carbocycles. The van der Waals surface area contributed by atoms with Crippen LogP contribution in [-0.4, -0.2) is 60.0 Å². The number of rotatable bonds is 7. The predicted octanol–water partition coefficient (Wildman–Crippen LogP) is 1.93. The number of imidazole rings is 1. The molecule has 1 heterocycles. The van der Waals surface area contributed by atoms with Crippen LogP contribution in [0, 0.1) is 6.92 Å². The van der Waals surface area contributed by atoms with Crippen LogP contribution in [0.4, 0.5) is 0 Å². The number of hydrogen-bond acceptors (Lipinski definition) is 4. The van der Waals surface area contributed by atoms with Gasteiger partial charge >= 0.3 is 0 Å².